The first kappa shape index (κ1) is 20.0. The maximum absolute atomic E-state index is 13.0. The average molecular weight is 422 g/mol. The van der Waals surface area contributed by atoms with Gasteiger partial charge in [0.2, 0.25) is 5.91 Å². The molecule has 8 heteroatoms. The number of carbonyl (C=O) groups is 1. The van der Waals surface area contributed by atoms with E-state index < -0.39 is 0 Å². The number of hydrogen-bond acceptors (Lipinski definition) is 5. The van der Waals surface area contributed by atoms with E-state index in [0.29, 0.717) is 18.5 Å². The standard InChI is InChI=1S/C22H23N5O2S/c1-16-3-5-17(6-4-16)18-13-30-21-20(18)22(29)27(15-25-21)11-7-19(28)24-8-2-10-26-12-9-23-14-26/h3-6,9,12-15H,2,7-8,10-11H2,1H3,(H,24,28). The third kappa shape index (κ3) is 4.49. The van der Waals surface area contributed by atoms with Gasteiger partial charge in [-0.15, -0.1) is 11.3 Å². The number of carbonyl (C=O) groups excluding carboxylic acids is 1. The third-order valence-corrected chi connectivity index (χ3v) is 5.86. The van der Waals surface area contributed by atoms with Crippen LogP contribution in [-0.2, 0) is 17.9 Å². The van der Waals surface area contributed by atoms with E-state index in [0.717, 1.165) is 28.9 Å². The Morgan fingerprint density at radius 3 is 2.77 bits per heavy atom. The summed E-state index contributed by atoms with van der Waals surface area (Å²) in [4.78, 5) is 34.3. The van der Waals surface area contributed by atoms with E-state index in [-0.39, 0.29) is 17.9 Å². The van der Waals surface area contributed by atoms with Crippen molar-refractivity contribution in [2.75, 3.05) is 6.54 Å². The van der Waals surface area contributed by atoms with E-state index in [2.05, 4.69) is 15.3 Å². The van der Waals surface area contributed by atoms with Gasteiger partial charge >= 0.3 is 0 Å². The maximum Gasteiger partial charge on any atom is 0.262 e. The fraction of sp³-hybridized carbons (Fsp3) is 0.273. The molecule has 30 heavy (non-hydrogen) atoms. The average Bonchev–Trinajstić information content (AvgIpc) is 3.41. The van der Waals surface area contributed by atoms with Crippen molar-refractivity contribution in [3.63, 3.8) is 0 Å². The number of imidazole rings is 1. The smallest absolute Gasteiger partial charge is 0.262 e. The van der Waals surface area contributed by atoms with E-state index in [9.17, 15) is 9.59 Å². The van der Waals surface area contributed by atoms with Gasteiger partial charge in [-0.1, -0.05) is 29.8 Å². The van der Waals surface area contributed by atoms with E-state index in [1.54, 1.807) is 12.5 Å². The predicted octanol–water partition coefficient (Wildman–Crippen LogP) is 3.23. The molecule has 0 atom stereocenters. The van der Waals surface area contributed by atoms with Gasteiger partial charge in [0.1, 0.15) is 4.83 Å². The van der Waals surface area contributed by atoms with Crippen LogP contribution in [-0.4, -0.2) is 31.6 Å². The molecule has 154 valence electrons. The van der Waals surface area contributed by atoms with E-state index >= 15 is 0 Å². The zero-order chi connectivity index (χ0) is 20.9. The van der Waals surface area contributed by atoms with Crippen LogP contribution in [0.3, 0.4) is 0 Å². The topological polar surface area (TPSA) is 81.8 Å². The molecule has 4 aromatic rings. The lowest BCUT2D eigenvalue weighted by molar-refractivity contribution is -0.121. The molecule has 0 aliphatic rings. The second kappa shape index (κ2) is 9.04. The lowest BCUT2D eigenvalue weighted by Crippen LogP contribution is -2.28. The number of nitrogens with zero attached hydrogens (tertiary/aromatic N) is 4. The van der Waals surface area contributed by atoms with Gasteiger partial charge in [0.05, 0.1) is 18.0 Å². The molecule has 0 bridgehead atoms. The summed E-state index contributed by atoms with van der Waals surface area (Å²) in [5, 5.41) is 5.49. The zero-order valence-corrected chi connectivity index (χ0v) is 17.6. The molecule has 1 N–H and O–H groups in total. The Morgan fingerprint density at radius 1 is 1.17 bits per heavy atom. The van der Waals surface area contributed by atoms with Crippen LogP contribution in [0, 0.1) is 6.92 Å². The summed E-state index contributed by atoms with van der Waals surface area (Å²) in [6, 6.07) is 8.10. The fourth-order valence-corrected chi connectivity index (χ4v) is 4.20. The monoisotopic (exact) mass is 421 g/mol. The normalized spacial score (nSPS) is 11.1. The Morgan fingerprint density at radius 2 is 2.00 bits per heavy atom. The molecule has 0 aliphatic heterocycles. The van der Waals surface area contributed by atoms with E-state index in [1.807, 2.05) is 47.3 Å². The van der Waals surface area contributed by atoms with Crippen LogP contribution >= 0.6 is 11.3 Å². The summed E-state index contributed by atoms with van der Waals surface area (Å²) >= 11 is 1.46. The quantitative estimate of drug-likeness (QED) is 0.443. The number of hydrogen-bond donors (Lipinski definition) is 1. The SMILES string of the molecule is Cc1ccc(-c2csc3ncn(CCC(=O)NCCCn4ccnc4)c(=O)c23)cc1. The Labute approximate surface area is 178 Å². The van der Waals surface area contributed by atoms with Gasteiger partial charge < -0.3 is 9.88 Å². The molecule has 1 amide bonds. The van der Waals surface area contributed by atoms with Gasteiger partial charge in [-0.2, -0.15) is 0 Å². The van der Waals surface area contributed by atoms with Crippen molar-refractivity contribution in [1.29, 1.82) is 0 Å². The summed E-state index contributed by atoms with van der Waals surface area (Å²) in [5.74, 6) is -0.0725. The third-order valence-electron chi connectivity index (χ3n) is 4.98. The minimum Gasteiger partial charge on any atom is -0.356 e. The lowest BCUT2D eigenvalue weighted by Gasteiger charge is -2.08. The lowest BCUT2D eigenvalue weighted by atomic mass is 10.1. The molecule has 3 heterocycles. The van der Waals surface area contributed by atoms with Crippen LogP contribution in [0.1, 0.15) is 18.4 Å². The Bertz CT molecular complexity index is 1190. The molecule has 0 spiro atoms. The molecule has 0 saturated heterocycles. The number of amides is 1. The predicted molar refractivity (Wildman–Crippen MR) is 119 cm³/mol. The highest BCUT2D eigenvalue weighted by atomic mass is 32.1. The molecule has 3 aromatic heterocycles. The molecule has 0 aliphatic carbocycles. The molecule has 4 rings (SSSR count). The minimum atomic E-state index is -0.107. The fourth-order valence-electron chi connectivity index (χ4n) is 3.29. The van der Waals surface area contributed by atoms with Crippen molar-refractivity contribution in [3.8, 4) is 11.1 Å². The number of thiophene rings is 1. The molecule has 0 saturated carbocycles. The number of nitrogens with one attached hydrogen (secondary N) is 1. The van der Waals surface area contributed by atoms with Crippen LogP contribution in [0.5, 0.6) is 0 Å². The highest BCUT2D eigenvalue weighted by molar-refractivity contribution is 7.17. The first-order valence-electron chi connectivity index (χ1n) is 9.88. The number of aromatic nitrogens is 4. The number of benzene rings is 1. The zero-order valence-electron chi connectivity index (χ0n) is 16.7. The van der Waals surface area contributed by atoms with Crippen molar-refractivity contribution in [1.82, 2.24) is 24.4 Å². The van der Waals surface area contributed by atoms with Gasteiger partial charge in [0.15, 0.2) is 0 Å². The highest BCUT2D eigenvalue weighted by Gasteiger charge is 2.14. The van der Waals surface area contributed by atoms with Crippen molar-refractivity contribution in [3.05, 3.63) is 70.6 Å². The maximum atomic E-state index is 13.0. The second-order valence-electron chi connectivity index (χ2n) is 7.19. The minimum absolute atomic E-state index is 0.0725. The van der Waals surface area contributed by atoms with Crippen molar-refractivity contribution < 1.29 is 4.79 Å². The van der Waals surface area contributed by atoms with Crippen molar-refractivity contribution in [2.45, 2.75) is 32.9 Å². The Balaban J connectivity index is 1.40. The summed E-state index contributed by atoms with van der Waals surface area (Å²) in [6.07, 6.45) is 7.98. The number of aryl methyl sites for hydroxylation is 3. The van der Waals surface area contributed by atoms with E-state index in [4.69, 9.17) is 0 Å². The number of fused-ring (bicyclic) bond motifs is 1. The Hall–Kier alpha value is -3.26. The summed E-state index contributed by atoms with van der Waals surface area (Å²) in [6.45, 7) is 3.73. The van der Waals surface area contributed by atoms with Crippen LogP contribution in [0.15, 0.2) is 59.5 Å². The van der Waals surface area contributed by atoms with Gasteiger partial charge in [0.25, 0.3) is 5.56 Å². The van der Waals surface area contributed by atoms with Crippen LogP contribution in [0.25, 0.3) is 21.3 Å². The molecule has 0 radical (unpaired) electrons. The first-order chi connectivity index (χ1) is 14.6. The molecule has 1 aromatic carbocycles. The summed E-state index contributed by atoms with van der Waals surface area (Å²) < 4.78 is 3.50. The van der Waals surface area contributed by atoms with Gasteiger partial charge in [-0.05, 0) is 18.9 Å². The molecular formula is C22H23N5O2S. The molecule has 0 fully saturated rings. The summed E-state index contributed by atoms with van der Waals surface area (Å²) in [7, 11) is 0. The summed E-state index contributed by atoms with van der Waals surface area (Å²) in [5.41, 5.74) is 2.96. The largest absolute Gasteiger partial charge is 0.356 e. The van der Waals surface area contributed by atoms with Gasteiger partial charge in [-0.25, -0.2) is 9.97 Å². The molecule has 0 unspecified atom stereocenters. The van der Waals surface area contributed by atoms with Crippen molar-refractivity contribution >= 4 is 27.5 Å². The van der Waals surface area contributed by atoms with Crippen LogP contribution in [0.2, 0.25) is 0 Å². The number of rotatable bonds is 8. The van der Waals surface area contributed by atoms with Crippen molar-refractivity contribution in [2.24, 2.45) is 0 Å². The Kier molecular flexibility index (Phi) is 6.04. The second-order valence-corrected chi connectivity index (χ2v) is 8.05. The molecule has 7 nitrogen and oxygen atoms in total. The molecular weight excluding hydrogens is 398 g/mol. The highest BCUT2D eigenvalue weighted by Crippen LogP contribution is 2.30. The van der Waals surface area contributed by atoms with Gasteiger partial charge in [0, 0.05) is 49.4 Å². The van der Waals surface area contributed by atoms with Crippen LogP contribution in [0.4, 0.5) is 0 Å². The first-order valence-corrected chi connectivity index (χ1v) is 10.8. The van der Waals surface area contributed by atoms with E-state index in [1.165, 1.54) is 27.8 Å². The van der Waals surface area contributed by atoms with Gasteiger partial charge in [-0.3, -0.25) is 14.2 Å². The van der Waals surface area contributed by atoms with Crippen LogP contribution < -0.4 is 10.9 Å².